The Morgan fingerprint density at radius 1 is 1.03 bits per heavy atom. The van der Waals surface area contributed by atoms with E-state index in [-0.39, 0.29) is 5.69 Å². The van der Waals surface area contributed by atoms with Crippen LogP contribution in [0, 0.1) is 5.82 Å². The molecule has 0 aliphatic heterocycles. The van der Waals surface area contributed by atoms with Crippen molar-refractivity contribution in [2.45, 2.75) is 37.8 Å². The Hall–Kier alpha value is -3.11. The number of nitrogens with zero attached hydrogens (tertiary/aromatic N) is 1. The summed E-state index contributed by atoms with van der Waals surface area (Å²) in [4.78, 5) is 13.6. The smallest absolute Gasteiger partial charge is 0.407 e. The minimum absolute atomic E-state index is 0.282. The SMILES string of the molecule is CC(C)(C)OC(=O)NCCN(Cc1ccccc1)c1cccc(NS(=O)(=O)c2cc(Br)ccc2F)c1. The Labute approximate surface area is 219 Å². The van der Waals surface area contributed by atoms with Gasteiger partial charge in [0.05, 0.1) is 5.69 Å². The summed E-state index contributed by atoms with van der Waals surface area (Å²) >= 11 is 3.18. The van der Waals surface area contributed by atoms with E-state index in [0.717, 1.165) is 17.3 Å². The van der Waals surface area contributed by atoms with Crippen molar-refractivity contribution in [3.63, 3.8) is 0 Å². The Morgan fingerprint density at radius 2 is 1.75 bits per heavy atom. The molecule has 10 heteroatoms. The summed E-state index contributed by atoms with van der Waals surface area (Å²) in [7, 11) is -4.16. The van der Waals surface area contributed by atoms with Crippen LogP contribution in [0.15, 0.2) is 82.2 Å². The van der Waals surface area contributed by atoms with Crippen LogP contribution in [0.5, 0.6) is 0 Å². The van der Waals surface area contributed by atoms with Crippen molar-refractivity contribution in [2.24, 2.45) is 0 Å². The van der Waals surface area contributed by atoms with Crippen LogP contribution in [0.2, 0.25) is 0 Å². The maximum atomic E-state index is 14.2. The molecule has 192 valence electrons. The van der Waals surface area contributed by atoms with E-state index in [0.29, 0.717) is 24.1 Å². The Bertz CT molecular complexity index is 1300. The topological polar surface area (TPSA) is 87.7 Å². The van der Waals surface area contributed by atoms with E-state index >= 15 is 0 Å². The predicted molar refractivity (Wildman–Crippen MR) is 143 cm³/mol. The van der Waals surface area contributed by atoms with Gasteiger partial charge in [0.15, 0.2) is 0 Å². The van der Waals surface area contributed by atoms with Crippen LogP contribution in [-0.2, 0) is 21.3 Å². The van der Waals surface area contributed by atoms with E-state index in [1.54, 1.807) is 39.0 Å². The molecule has 0 radical (unpaired) electrons. The zero-order valence-corrected chi connectivity index (χ0v) is 22.7. The molecule has 0 unspecified atom stereocenters. The lowest BCUT2D eigenvalue weighted by molar-refractivity contribution is 0.0529. The number of amides is 1. The highest BCUT2D eigenvalue weighted by molar-refractivity contribution is 9.10. The minimum Gasteiger partial charge on any atom is -0.444 e. The predicted octanol–water partition coefficient (Wildman–Crippen LogP) is 5.92. The number of carbonyl (C=O) groups excluding carboxylic acids is 1. The van der Waals surface area contributed by atoms with Crippen molar-refractivity contribution in [1.29, 1.82) is 0 Å². The minimum atomic E-state index is -4.16. The Morgan fingerprint density at radius 3 is 2.44 bits per heavy atom. The maximum Gasteiger partial charge on any atom is 0.407 e. The second kappa shape index (κ2) is 11.7. The zero-order chi connectivity index (χ0) is 26.3. The quantitative estimate of drug-likeness (QED) is 0.329. The standard InChI is InChI=1S/C26H29BrFN3O4S/c1-26(2,3)35-25(32)29-14-15-31(18-19-8-5-4-6-9-19)22-11-7-10-21(17-22)30-36(33,34)24-16-20(27)12-13-23(24)28/h4-13,16-17,30H,14-15,18H2,1-3H3,(H,29,32). The van der Waals surface area contributed by atoms with E-state index in [1.807, 2.05) is 41.3 Å². The number of rotatable bonds is 9. The van der Waals surface area contributed by atoms with Gasteiger partial charge >= 0.3 is 6.09 Å². The first-order valence-electron chi connectivity index (χ1n) is 11.3. The van der Waals surface area contributed by atoms with Crippen molar-refractivity contribution >= 4 is 43.4 Å². The van der Waals surface area contributed by atoms with E-state index in [1.165, 1.54) is 12.1 Å². The number of hydrogen-bond donors (Lipinski definition) is 2. The van der Waals surface area contributed by atoms with Crippen molar-refractivity contribution in [2.75, 3.05) is 22.7 Å². The first-order valence-corrected chi connectivity index (χ1v) is 13.5. The van der Waals surface area contributed by atoms with Gasteiger partial charge in [0.2, 0.25) is 0 Å². The summed E-state index contributed by atoms with van der Waals surface area (Å²) in [6, 6.07) is 20.3. The highest BCUT2D eigenvalue weighted by atomic mass is 79.9. The summed E-state index contributed by atoms with van der Waals surface area (Å²) < 4.78 is 48.2. The number of halogens is 2. The van der Waals surface area contributed by atoms with Crippen molar-refractivity contribution in [3.05, 3.63) is 88.6 Å². The second-order valence-corrected chi connectivity index (χ2v) is 11.6. The van der Waals surface area contributed by atoms with Crippen LogP contribution in [0.25, 0.3) is 0 Å². The molecule has 0 aromatic heterocycles. The molecule has 0 atom stereocenters. The number of ether oxygens (including phenoxy) is 1. The summed E-state index contributed by atoms with van der Waals surface area (Å²) in [6.45, 7) is 6.64. The molecular weight excluding hydrogens is 549 g/mol. The number of anilines is 2. The molecule has 0 heterocycles. The maximum absolute atomic E-state index is 14.2. The lowest BCUT2D eigenvalue weighted by Crippen LogP contribution is -2.38. The van der Waals surface area contributed by atoms with Crippen LogP contribution in [0.3, 0.4) is 0 Å². The van der Waals surface area contributed by atoms with Crippen LogP contribution < -0.4 is 14.9 Å². The third kappa shape index (κ3) is 8.23. The average Bonchev–Trinajstić information content (AvgIpc) is 2.79. The van der Waals surface area contributed by atoms with E-state index in [2.05, 4.69) is 26.0 Å². The number of hydrogen-bond acceptors (Lipinski definition) is 5. The highest BCUT2D eigenvalue weighted by Crippen LogP contribution is 2.26. The van der Waals surface area contributed by atoms with Crippen LogP contribution >= 0.6 is 15.9 Å². The van der Waals surface area contributed by atoms with Crippen molar-refractivity contribution in [1.82, 2.24) is 5.32 Å². The van der Waals surface area contributed by atoms with Gasteiger partial charge in [0.1, 0.15) is 16.3 Å². The molecule has 0 aliphatic carbocycles. The van der Waals surface area contributed by atoms with Gasteiger partial charge in [-0.2, -0.15) is 0 Å². The molecule has 0 spiro atoms. The molecule has 2 N–H and O–H groups in total. The average molecular weight is 579 g/mol. The third-order valence-corrected chi connectivity index (χ3v) is 6.80. The third-order valence-electron chi connectivity index (χ3n) is 4.91. The van der Waals surface area contributed by atoms with Gasteiger partial charge in [0, 0.05) is 29.8 Å². The fourth-order valence-corrected chi connectivity index (χ4v) is 5.04. The fraction of sp³-hybridized carbons (Fsp3) is 0.269. The van der Waals surface area contributed by atoms with Gasteiger partial charge in [-0.3, -0.25) is 4.72 Å². The zero-order valence-electron chi connectivity index (χ0n) is 20.3. The van der Waals surface area contributed by atoms with Gasteiger partial charge in [-0.1, -0.05) is 52.3 Å². The molecular formula is C26H29BrFN3O4S. The van der Waals surface area contributed by atoms with Crippen molar-refractivity contribution < 1.29 is 22.3 Å². The molecule has 7 nitrogen and oxygen atoms in total. The molecule has 0 saturated heterocycles. The normalized spacial score (nSPS) is 11.6. The number of alkyl carbamates (subject to hydrolysis) is 1. The molecule has 0 bridgehead atoms. The van der Waals surface area contributed by atoms with E-state index < -0.39 is 32.4 Å². The van der Waals surface area contributed by atoms with Crippen LogP contribution in [0.4, 0.5) is 20.6 Å². The monoisotopic (exact) mass is 577 g/mol. The Balaban J connectivity index is 1.80. The second-order valence-electron chi connectivity index (χ2n) is 9.07. The largest absolute Gasteiger partial charge is 0.444 e. The van der Waals surface area contributed by atoms with Crippen LogP contribution in [0.1, 0.15) is 26.3 Å². The number of sulfonamides is 1. The van der Waals surface area contributed by atoms with Gasteiger partial charge in [-0.25, -0.2) is 17.6 Å². The van der Waals surface area contributed by atoms with Crippen molar-refractivity contribution in [3.8, 4) is 0 Å². The van der Waals surface area contributed by atoms with Gasteiger partial charge < -0.3 is 15.0 Å². The van der Waals surface area contributed by atoms with Gasteiger partial charge in [0.25, 0.3) is 10.0 Å². The molecule has 36 heavy (non-hydrogen) atoms. The fourth-order valence-electron chi connectivity index (χ4n) is 3.37. The molecule has 3 rings (SSSR count). The van der Waals surface area contributed by atoms with Crippen LogP contribution in [-0.4, -0.2) is 33.2 Å². The summed E-state index contributed by atoms with van der Waals surface area (Å²) in [5, 5.41) is 2.75. The summed E-state index contributed by atoms with van der Waals surface area (Å²) in [5.74, 6) is -0.847. The lowest BCUT2D eigenvalue weighted by Gasteiger charge is -2.26. The first kappa shape index (κ1) is 27.5. The van der Waals surface area contributed by atoms with E-state index in [4.69, 9.17) is 4.74 Å². The molecule has 1 amide bonds. The summed E-state index contributed by atoms with van der Waals surface area (Å²) in [6.07, 6.45) is -0.514. The number of benzene rings is 3. The highest BCUT2D eigenvalue weighted by Gasteiger charge is 2.20. The Kier molecular flexibility index (Phi) is 8.97. The van der Waals surface area contributed by atoms with Gasteiger partial charge in [-0.15, -0.1) is 0 Å². The number of carbonyl (C=O) groups is 1. The molecule has 0 aliphatic rings. The molecule has 0 fully saturated rings. The molecule has 3 aromatic carbocycles. The van der Waals surface area contributed by atoms with Gasteiger partial charge in [-0.05, 0) is 62.7 Å². The molecule has 3 aromatic rings. The van der Waals surface area contributed by atoms with E-state index in [9.17, 15) is 17.6 Å². The lowest BCUT2D eigenvalue weighted by atomic mass is 10.2. The summed E-state index contributed by atoms with van der Waals surface area (Å²) in [5.41, 5.74) is 1.44. The first-order chi connectivity index (χ1) is 16.9. The molecule has 0 saturated carbocycles. The number of nitrogens with one attached hydrogen (secondary N) is 2.